The highest BCUT2D eigenvalue weighted by molar-refractivity contribution is 5.37. The number of rotatable bonds is 4. The zero-order chi connectivity index (χ0) is 13.9. The number of nitrogens with zero attached hydrogens (tertiary/aromatic N) is 1. The van der Waals surface area contributed by atoms with E-state index in [1.807, 2.05) is 0 Å². The van der Waals surface area contributed by atoms with Crippen LogP contribution in [-0.2, 0) is 0 Å². The summed E-state index contributed by atoms with van der Waals surface area (Å²) < 4.78 is 0. The van der Waals surface area contributed by atoms with Crippen LogP contribution in [0.15, 0.2) is 24.3 Å². The molecule has 1 fully saturated rings. The average Bonchev–Trinajstić information content (AvgIpc) is 2.83. The Morgan fingerprint density at radius 2 is 1.80 bits per heavy atom. The van der Waals surface area contributed by atoms with E-state index in [-0.39, 0.29) is 12.6 Å². The van der Waals surface area contributed by atoms with Gasteiger partial charge in [-0.1, -0.05) is 43.5 Å². The summed E-state index contributed by atoms with van der Waals surface area (Å²) in [5.41, 5.74) is 9.00. The van der Waals surface area contributed by atoms with Gasteiger partial charge in [-0.15, -0.1) is 0 Å². The van der Waals surface area contributed by atoms with E-state index in [9.17, 15) is 5.11 Å². The van der Waals surface area contributed by atoms with Crippen LogP contribution in [0.2, 0.25) is 0 Å². The van der Waals surface area contributed by atoms with Crippen molar-refractivity contribution < 1.29 is 5.11 Å². The topological polar surface area (TPSA) is 49.5 Å². The van der Waals surface area contributed by atoms with Gasteiger partial charge < -0.3 is 10.8 Å². The molecule has 0 saturated heterocycles. The molecule has 1 aromatic carbocycles. The van der Waals surface area contributed by atoms with E-state index in [0.717, 1.165) is 13.0 Å². The molecule has 3 heteroatoms. The molecule has 2 unspecified atom stereocenters. The molecule has 2 aliphatic rings. The molecule has 0 spiro atoms. The second-order valence-electron chi connectivity index (χ2n) is 6.24. The molecule has 2 atom stereocenters. The van der Waals surface area contributed by atoms with Crippen LogP contribution in [0, 0.1) is 0 Å². The van der Waals surface area contributed by atoms with Gasteiger partial charge in [0, 0.05) is 24.7 Å². The first-order chi connectivity index (χ1) is 9.81. The Morgan fingerprint density at radius 3 is 2.50 bits per heavy atom. The van der Waals surface area contributed by atoms with Crippen molar-refractivity contribution in [2.24, 2.45) is 5.73 Å². The number of fused-ring (bicyclic) bond motifs is 1. The molecule has 0 radical (unpaired) electrons. The second-order valence-corrected chi connectivity index (χ2v) is 6.24. The molecule has 0 heterocycles. The Labute approximate surface area is 121 Å². The Morgan fingerprint density at radius 1 is 1.10 bits per heavy atom. The summed E-state index contributed by atoms with van der Waals surface area (Å²) >= 11 is 0. The van der Waals surface area contributed by atoms with E-state index in [2.05, 4.69) is 29.2 Å². The lowest BCUT2D eigenvalue weighted by molar-refractivity contribution is 0.0780. The fraction of sp³-hybridized carbons (Fsp3) is 0.647. The number of benzene rings is 1. The summed E-state index contributed by atoms with van der Waals surface area (Å²) in [5, 5.41) is 9.47. The van der Waals surface area contributed by atoms with Gasteiger partial charge in [0.15, 0.2) is 0 Å². The average molecular weight is 274 g/mol. The molecule has 20 heavy (non-hydrogen) atoms. The first kappa shape index (κ1) is 14.1. The van der Waals surface area contributed by atoms with Gasteiger partial charge in [-0.25, -0.2) is 0 Å². The summed E-state index contributed by atoms with van der Waals surface area (Å²) in [6.45, 7) is 1.01. The largest absolute Gasteiger partial charge is 0.395 e. The predicted molar refractivity (Wildman–Crippen MR) is 81.4 cm³/mol. The van der Waals surface area contributed by atoms with Gasteiger partial charge in [0.2, 0.25) is 0 Å². The van der Waals surface area contributed by atoms with Crippen LogP contribution in [0.4, 0.5) is 0 Å². The van der Waals surface area contributed by atoms with Crippen molar-refractivity contribution in [3.63, 3.8) is 0 Å². The van der Waals surface area contributed by atoms with Crippen LogP contribution in [0.25, 0.3) is 0 Å². The smallest absolute Gasteiger partial charge is 0.0558 e. The number of nitrogens with two attached hydrogens (primary N) is 1. The molecule has 0 aromatic heterocycles. The molecular weight excluding hydrogens is 248 g/mol. The summed E-state index contributed by atoms with van der Waals surface area (Å²) in [7, 11) is 0. The molecule has 1 saturated carbocycles. The molecule has 0 aliphatic heterocycles. The van der Waals surface area contributed by atoms with Gasteiger partial charge in [0.25, 0.3) is 0 Å². The molecule has 0 bridgehead atoms. The van der Waals surface area contributed by atoms with Crippen molar-refractivity contribution in [1.29, 1.82) is 0 Å². The molecular formula is C17H26N2O. The fourth-order valence-electron chi connectivity index (χ4n) is 4.08. The van der Waals surface area contributed by atoms with Gasteiger partial charge in [-0.05, 0) is 30.4 Å². The van der Waals surface area contributed by atoms with Crippen molar-refractivity contribution in [3.8, 4) is 0 Å². The van der Waals surface area contributed by atoms with E-state index in [4.69, 9.17) is 5.73 Å². The summed E-state index contributed by atoms with van der Waals surface area (Å²) in [6, 6.07) is 9.76. The number of aliphatic hydroxyl groups excluding tert-OH is 1. The van der Waals surface area contributed by atoms with Crippen molar-refractivity contribution in [3.05, 3.63) is 35.4 Å². The van der Waals surface area contributed by atoms with Gasteiger partial charge in [-0.3, -0.25) is 4.90 Å². The monoisotopic (exact) mass is 274 g/mol. The normalized spacial score (nSPS) is 26.9. The minimum Gasteiger partial charge on any atom is -0.395 e. The third-order valence-corrected chi connectivity index (χ3v) is 5.03. The number of hydrogen-bond acceptors (Lipinski definition) is 3. The highest BCUT2D eigenvalue weighted by Crippen LogP contribution is 2.43. The van der Waals surface area contributed by atoms with Crippen molar-refractivity contribution in [2.75, 3.05) is 13.2 Å². The van der Waals surface area contributed by atoms with Crippen LogP contribution >= 0.6 is 0 Å². The molecule has 3 nitrogen and oxygen atoms in total. The van der Waals surface area contributed by atoms with Crippen LogP contribution in [0.5, 0.6) is 0 Å². The molecule has 1 aromatic rings. The van der Waals surface area contributed by atoms with Gasteiger partial charge >= 0.3 is 0 Å². The van der Waals surface area contributed by atoms with E-state index in [1.54, 1.807) is 0 Å². The third kappa shape index (κ3) is 2.62. The van der Waals surface area contributed by atoms with Gasteiger partial charge in [0.1, 0.15) is 0 Å². The van der Waals surface area contributed by atoms with Gasteiger partial charge in [0.05, 0.1) is 6.61 Å². The highest BCUT2D eigenvalue weighted by Gasteiger charge is 2.35. The van der Waals surface area contributed by atoms with E-state index in [0.29, 0.717) is 12.1 Å². The third-order valence-electron chi connectivity index (χ3n) is 5.03. The first-order valence-electron chi connectivity index (χ1n) is 8.02. The van der Waals surface area contributed by atoms with Crippen LogP contribution in [0.3, 0.4) is 0 Å². The summed E-state index contributed by atoms with van der Waals surface area (Å²) in [5.74, 6) is 0. The Hall–Kier alpha value is -0.900. The summed E-state index contributed by atoms with van der Waals surface area (Å²) in [4.78, 5) is 2.53. The lowest BCUT2D eigenvalue weighted by Gasteiger charge is -2.38. The van der Waals surface area contributed by atoms with Gasteiger partial charge in [-0.2, -0.15) is 0 Å². The summed E-state index contributed by atoms with van der Waals surface area (Å²) in [6.07, 6.45) is 7.56. The van der Waals surface area contributed by atoms with Crippen molar-refractivity contribution in [1.82, 2.24) is 4.90 Å². The fourth-order valence-corrected chi connectivity index (χ4v) is 4.08. The minimum atomic E-state index is 0.154. The van der Waals surface area contributed by atoms with E-state index in [1.165, 1.54) is 43.2 Å². The molecule has 3 rings (SSSR count). The van der Waals surface area contributed by atoms with E-state index < -0.39 is 0 Å². The number of hydrogen-bond donors (Lipinski definition) is 2. The number of aliphatic hydroxyl groups is 1. The van der Waals surface area contributed by atoms with E-state index >= 15 is 0 Å². The molecule has 110 valence electrons. The standard InChI is InChI=1S/C17H26N2O/c18-16-12-17(15-9-5-4-8-14(15)16)19(10-11-20)13-6-2-1-3-7-13/h4-5,8-9,13,16-17,20H,1-3,6-7,10-12,18H2. The van der Waals surface area contributed by atoms with Crippen LogP contribution in [-0.4, -0.2) is 29.2 Å². The molecule has 2 aliphatic carbocycles. The maximum atomic E-state index is 9.47. The Balaban J connectivity index is 1.84. The Kier molecular flexibility index (Phi) is 4.39. The SMILES string of the molecule is NC1CC(N(CCO)C2CCCCC2)c2ccccc21. The first-order valence-corrected chi connectivity index (χ1v) is 8.02. The highest BCUT2D eigenvalue weighted by atomic mass is 16.3. The van der Waals surface area contributed by atoms with Crippen LogP contribution < -0.4 is 5.73 Å². The van der Waals surface area contributed by atoms with Crippen LogP contribution in [0.1, 0.15) is 61.7 Å². The van der Waals surface area contributed by atoms with Crippen molar-refractivity contribution in [2.45, 2.75) is 56.7 Å². The molecule has 0 amide bonds. The quantitative estimate of drug-likeness (QED) is 0.887. The molecule has 3 N–H and O–H groups in total. The second kappa shape index (κ2) is 6.25. The maximum absolute atomic E-state index is 9.47. The maximum Gasteiger partial charge on any atom is 0.0558 e. The zero-order valence-corrected chi connectivity index (χ0v) is 12.2. The Bertz CT molecular complexity index is 442. The predicted octanol–water partition coefficient (Wildman–Crippen LogP) is 2.76. The van der Waals surface area contributed by atoms with Crippen molar-refractivity contribution >= 4 is 0 Å². The lowest BCUT2D eigenvalue weighted by Crippen LogP contribution is -2.41. The zero-order valence-electron chi connectivity index (χ0n) is 12.2. The minimum absolute atomic E-state index is 0.154. The lowest BCUT2D eigenvalue weighted by atomic mass is 9.92.